The summed E-state index contributed by atoms with van der Waals surface area (Å²) < 4.78 is 4.77. The molecule has 2 bridgehead atoms. The zero-order chi connectivity index (χ0) is 17.9. The monoisotopic (exact) mass is 341 g/mol. The van der Waals surface area contributed by atoms with Gasteiger partial charge in [0.25, 0.3) is 5.91 Å². The minimum Gasteiger partial charge on any atom is -0.453 e. The van der Waals surface area contributed by atoms with E-state index in [-0.39, 0.29) is 23.7 Å². The number of carbonyl (C=O) groups excluding carboxylic acids is 3. The molecular formula is C16H15N5O4. The number of carbonyl (C=O) groups is 3. The maximum absolute atomic E-state index is 12.9. The Morgan fingerprint density at radius 3 is 2.84 bits per heavy atom. The quantitative estimate of drug-likeness (QED) is 0.693. The zero-order valence-electron chi connectivity index (χ0n) is 13.7. The van der Waals surface area contributed by atoms with Gasteiger partial charge in [-0.3, -0.25) is 4.79 Å². The summed E-state index contributed by atoms with van der Waals surface area (Å²) in [5.74, 6) is -0.378. The van der Waals surface area contributed by atoms with Crippen molar-refractivity contribution in [2.75, 3.05) is 18.6 Å². The first-order valence-electron chi connectivity index (χ1n) is 7.85. The van der Waals surface area contributed by atoms with Crippen molar-refractivity contribution in [1.82, 2.24) is 14.8 Å². The average molecular weight is 341 g/mol. The van der Waals surface area contributed by atoms with Gasteiger partial charge in [0.05, 0.1) is 31.1 Å². The number of ether oxygens (including phenoxy) is 1. The second kappa shape index (κ2) is 5.17. The number of amides is 4. The number of hydrogen-bond acceptors (Lipinski definition) is 6. The number of anilines is 1. The first-order chi connectivity index (χ1) is 12.0. The highest BCUT2D eigenvalue weighted by atomic mass is 16.5. The number of urea groups is 1. The summed E-state index contributed by atoms with van der Waals surface area (Å²) in [6.45, 7) is 2.06. The Bertz CT molecular complexity index is 847. The molecule has 0 N–H and O–H groups in total. The third-order valence-corrected chi connectivity index (χ3v) is 5.10. The molecule has 4 rings (SSSR count). The number of fused-ring (bicyclic) bond motifs is 5. The molecule has 0 aliphatic carbocycles. The molecule has 1 unspecified atom stereocenters. The van der Waals surface area contributed by atoms with Crippen LogP contribution in [0.4, 0.5) is 15.3 Å². The van der Waals surface area contributed by atoms with E-state index in [1.165, 1.54) is 18.2 Å². The van der Waals surface area contributed by atoms with E-state index >= 15 is 0 Å². The van der Waals surface area contributed by atoms with Crippen LogP contribution in [0.15, 0.2) is 12.3 Å². The van der Waals surface area contributed by atoms with Crippen LogP contribution in [0, 0.1) is 18.3 Å². The van der Waals surface area contributed by atoms with Crippen LogP contribution in [-0.4, -0.2) is 64.6 Å². The van der Waals surface area contributed by atoms with Crippen LogP contribution < -0.4 is 4.90 Å². The standard InChI is InChI=1S/C16H15N5O4/c1-8-3-9(6-18-11(8)5-17)21-14(22)13-12-4-10(20(13)15(21)23)7-19(12)16(24)25-2/h3,6,10,12-13H,4,7H2,1-2H3/t10-,12?,13+/m1/s1. The van der Waals surface area contributed by atoms with Crippen molar-refractivity contribution in [3.8, 4) is 6.07 Å². The lowest BCUT2D eigenvalue weighted by atomic mass is 10.1. The number of hydrogen-bond donors (Lipinski definition) is 0. The van der Waals surface area contributed by atoms with Gasteiger partial charge in [-0.15, -0.1) is 0 Å². The first kappa shape index (κ1) is 15.4. The van der Waals surface area contributed by atoms with E-state index in [1.807, 2.05) is 6.07 Å². The highest BCUT2D eigenvalue weighted by Gasteiger charge is 2.63. The minimum atomic E-state index is -0.693. The molecule has 0 radical (unpaired) electrons. The molecule has 0 aromatic carbocycles. The Morgan fingerprint density at radius 2 is 2.20 bits per heavy atom. The molecule has 0 spiro atoms. The van der Waals surface area contributed by atoms with Crippen molar-refractivity contribution >= 4 is 23.7 Å². The fourth-order valence-electron chi connectivity index (χ4n) is 4.02. The van der Waals surface area contributed by atoms with Crippen molar-refractivity contribution in [2.45, 2.75) is 31.5 Å². The van der Waals surface area contributed by atoms with E-state index < -0.39 is 18.2 Å². The number of piperazine rings is 1. The third-order valence-electron chi connectivity index (χ3n) is 5.10. The van der Waals surface area contributed by atoms with Gasteiger partial charge in [0.15, 0.2) is 0 Å². The Morgan fingerprint density at radius 1 is 1.44 bits per heavy atom. The minimum absolute atomic E-state index is 0.192. The van der Waals surface area contributed by atoms with E-state index in [9.17, 15) is 14.4 Å². The van der Waals surface area contributed by atoms with E-state index in [1.54, 1.807) is 17.9 Å². The van der Waals surface area contributed by atoms with Gasteiger partial charge in [-0.05, 0) is 25.0 Å². The second-order valence-corrected chi connectivity index (χ2v) is 6.36. The number of rotatable bonds is 1. The van der Waals surface area contributed by atoms with Gasteiger partial charge in [-0.1, -0.05) is 0 Å². The molecule has 3 aliphatic heterocycles. The Balaban J connectivity index is 1.68. The van der Waals surface area contributed by atoms with E-state index in [0.717, 1.165) is 4.90 Å². The lowest BCUT2D eigenvalue weighted by Crippen LogP contribution is -2.54. The predicted octanol–water partition coefficient (Wildman–Crippen LogP) is 0.622. The van der Waals surface area contributed by atoms with Gasteiger partial charge in [-0.25, -0.2) is 19.5 Å². The largest absolute Gasteiger partial charge is 0.453 e. The maximum atomic E-state index is 12.9. The second-order valence-electron chi connectivity index (χ2n) is 6.36. The SMILES string of the molecule is COC(=O)N1C[C@H]2CC1[C@H]1C(=O)N(c3cnc(C#N)c(C)c3)C(=O)N21. The van der Waals surface area contributed by atoms with Gasteiger partial charge >= 0.3 is 12.1 Å². The zero-order valence-corrected chi connectivity index (χ0v) is 13.7. The molecule has 3 saturated heterocycles. The predicted molar refractivity (Wildman–Crippen MR) is 83.5 cm³/mol. The van der Waals surface area contributed by atoms with Crippen molar-refractivity contribution in [3.05, 3.63) is 23.5 Å². The van der Waals surface area contributed by atoms with Crippen molar-refractivity contribution in [1.29, 1.82) is 5.26 Å². The van der Waals surface area contributed by atoms with E-state index in [4.69, 9.17) is 10.00 Å². The fraction of sp³-hybridized carbons (Fsp3) is 0.438. The number of imide groups is 1. The molecule has 4 amide bonds. The molecule has 1 aromatic heterocycles. The van der Waals surface area contributed by atoms with Gasteiger partial charge < -0.3 is 14.5 Å². The fourth-order valence-corrected chi connectivity index (χ4v) is 4.02. The van der Waals surface area contributed by atoms with Crippen molar-refractivity contribution in [2.24, 2.45) is 0 Å². The van der Waals surface area contributed by atoms with Crippen LogP contribution in [0.25, 0.3) is 0 Å². The summed E-state index contributed by atoms with van der Waals surface area (Å²) in [4.78, 5) is 45.8. The molecule has 9 heteroatoms. The number of methoxy groups -OCH3 is 1. The Labute approximate surface area is 143 Å². The van der Waals surface area contributed by atoms with Gasteiger partial charge in [-0.2, -0.15) is 5.26 Å². The molecule has 3 aliphatic rings. The summed E-state index contributed by atoms with van der Waals surface area (Å²) in [6.07, 6.45) is 1.45. The number of nitriles is 1. The number of pyridine rings is 1. The normalized spacial score (nSPS) is 26.9. The Kier molecular flexibility index (Phi) is 3.18. The van der Waals surface area contributed by atoms with Crippen LogP contribution in [0.3, 0.4) is 0 Å². The number of nitrogens with zero attached hydrogens (tertiary/aromatic N) is 5. The molecular weight excluding hydrogens is 326 g/mol. The lowest BCUT2D eigenvalue weighted by Gasteiger charge is -2.33. The summed E-state index contributed by atoms with van der Waals surface area (Å²) in [7, 11) is 1.30. The van der Waals surface area contributed by atoms with Crippen LogP contribution >= 0.6 is 0 Å². The number of aryl methyl sites for hydroxylation is 1. The van der Waals surface area contributed by atoms with Gasteiger partial charge in [0.1, 0.15) is 17.8 Å². The molecule has 9 nitrogen and oxygen atoms in total. The molecule has 25 heavy (non-hydrogen) atoms. The molecule has 1 aromatic rings. The van der Waals surface area contributed by atoms with Crippen molar-refractivity contribution < 1.29 is 19.1 Å². The smallest absolute Gasteiger partial charge is 0.409 e. The summed E-state index contributed by atoms with van der Waals surface area (Å²) in [6, 6.07) is 1.90. The topological polar surface area (TPSA) is 107 Å². The van der Waals surface area contributed by atoms with Crippen LogP contribution in [-0.2, 0) is 9.53 Å². The lowest BCUT2D eigenvalue weighted by molar-refractivity contribution is -0.121. The first-order valence-corrected chi connectivity index (χ1v) is 7.85. The highest BCUT2D eigenvalue weighted by molar-refractivity contribution is 6.22. The summed E-state index contributed by atoms with van der Waals surface area (Å²) >= 11 is 0. The van der Waals surface area contributed by atoms with Gasteiger partial charge in [0.2, 0.25) is 0 Å². The maximum Gasteiger partial charge on any atom is 0.409 e. The van der Waals surface area contributed by atoms with E-state index in [2.05, 4.69) is 4.98 Å². The number of likely N-dealkylation sites (tertiary alicyclic amines) is 1. The molecule has 4 heterocycles. The highest BCUT2D eigenvalue weighted by Crippen LogP contribution is 2.42. The Hall–Kier alpha value is -3.15. The average Bonchev–Trinajstić information content (AvgIpc) is 3.26. The summed E-state index contributed by atoms with van der Waals surface area (Å²) in [5.41, 5.74) is 1.18. The van der Waals surface area contributed by atoms with Crippen molar-refractivity contribution in [3.63, 3.8) is 0 Å². The van der Waals surface area contributed by atoms with E-state index in [0.29, 0.717) is 24.2 Å². The molecule has 3 fully saturated rings. The number of aromatic nitrogens is 1. The summed E-state index contributed by atoms with van der Waals surface area (Å²) in [5, 5.41) is 8.97. The van der Waals surface area contributed by atoms with Crippen LogP contribution in [0.2, 0.25) is 0 Å². The molecule has 0 saturated carbocycles. The molecule has 3 atom stereocenters. The van der Waals surface area contributed by atoms with Crippen LogP contribution in [0.5, 0.6) is 0 Å². The third kappa shape index (κ3) is 1.94. The van der Waals surface area contributed by atoms with Gasteiger partial charge in [0, 0.05) is 6.54 Å². The molecule has 128 valence electrons. The van der Waals surface area contributed by atoms with Crippen LogP contribution in [0.1, 0.15) is 17.7 Å².